The number of hydrogen-bond acceptors (Lipinski definition) is 3. The van der Waals surface area contributed by atoms with Gasteiger partial charge < -0.3 is 10.1 Å². The highest BCUT2D eigenvalue weighted by Crippen LogP contribution is 2.34. The monoisotopic (exact) mass is 333 g/mol. The molecule has 1 aliphatic carbocycles. The maximum Gasteiger partial charge on any atom is 0.352 e. The van der Waals surface area contributed by atoms with Crippen LogP contribution in [-0.4, -0.2) is 28.1 Å². The number of hydrogen-bond donors (Lipinski definition) is 3. The van der Waals surface area contributed by atoms with Gasteiger partial charge in [-0.3, -0.25) is 5.32 Å². The van der Waals surface area contributed by atoms with Crippen LogP contribution in [0.1, 0.15) is 81.6 Å². The highest BCUT2D eigenvalue weighted by Gasteiger charge is 2.42. The van der Waals surface area contributed by atoms with Gasteiger partial charge >= 0.3 is 5.97 Å². The SMILES string of the molecule is CCCCCCCCCCNC1(C#N)CC1.O=C(O)c1ccc[nH]1. The number of carbonyl (C=O) groups is 1. The van der Waals surface area contributed by atoms with Gasteiger partial charge in [0.05, 0.1) is 6.07 Å². The first kappa shape index (κ1) is 20.2. The van der Waals surface area contributed by atoms with Crippen LogP contribution in [0.4, 0.5) is 0 Å². The van der Waals surface area contributed by atoms with Crippen LogP contribution in [0.2, 0.25) is 0 Å². The Kier molecular flexibility index (Phi) is 9.86. The second-order valence-electron chi connectivity index (χ2n) is 6.48. The third-order valence-electron chi connectivity index (χ3n) is 4.29. The molecule has 1 saturated carbocycles. The van der Waals surface area contributed by atoms with Crippen molar-refractivity contribution >= 4 is 5.97 Å². The van der Waals surface area contributed by atoms with Crippen LogP contribution in [0.15, 0.2) is 18.3 Å². The summed E-state index contributed by atoms with van der Waals surface area (Å²) in [6.45, 7) is 3.29. The average Bonchev–Trinajstić information content (AvgIpc) is 3.14. The number of H-pyrrole nitrogens is 1. The fourth-order valence-corrected chi connectivity index (χ4v) is 2.50. The first-order valence-corrected chi connectivity index (χ1v) is 9.16. The van der Waals surface area contributed by atoms with Crippen molar-refractivity contribution in [2.45, 2.75) is 76.7 Å². The molecule has 2 rings (SSSR count). The van der Waals surface area contributed by atoms with Crippen molar-refractivity contribution in [2.75, 3.05) is 6.54 Å². The van der Waals surface area contributed by atoms with E-state index in [0.717, 1.165) is 19.4 Å². The maximum absolute atomic E-state index is 10.0. The van der Waals surface area contributed by atoms with Crippen molar-refractivity contribution in [2.24, 2.45) is 0 Å². The van der Waals surface area contributed by atoms with Gasteiger partial charge in [-0.25, -0.2) is 4.79 Å². The van der Waals surface area contributed by atoms with Gasteiger partial charge in [0.25, 0.3) is 0 Å². The van der Waals surface area contributed by atoms with Crippen LogP contribution >= 0.6 is 0 Å². The molecule has 1 heterocycles. The third-order valence-corrected chi connectivity index (χ3v) is 4.29. The van der Waals surface area contributed by atoms with E-state index in [1.807, 2.05) is 0 Å². The number of nitrogens with one attached hydrogen (secondary N) is 2. The van der Waals surface area contributed by atoms with Crippen LogP contribution in [-0.2, 0) is 0 Å². The Hall–Kier alpha value is -1.80. The Balaban J connectivity index is 0.000000300. The van der Waals surface area contributed by atoms with Gasteiger partial charge in [0.1, 0.15) is 11.2 Å². The number of unbranched alkanes of at least 4 members (excludes halogenated alkanes) is 7. The number of carboxylic acid groups (broad SMARTS) is 1. The highest BCUT2D eigenvalue weighted by atomic mass is 16.4. The minimum absolute atomic E-state index is 0.110. The van der Waals surface area contributed by atoms with Crippen LogP contribution in [0.3, 0.4) is 0 Å². The van der Waals surface area contributed by atoms with E-state index >= 15 is 0 Å². The minimum Gasteiger partial charge on any atom is -0.477 e. The molecule has 0 radical (unpaired) electrons. The molecule has 0 aromatic carbocycles. The molecule has 5 heteroatoms. The molecule has 0 atom stereocenters. The molecule has 1 aliphatic rings. The number of carboxylic acids is 1. The van der Waals surface area contributed by atoms with Crippen LogP contribution in [0.25, 0.3) is 0 Å². The Morgan fingerprint density at radius 1 is 1.25 bits per heavy atom. The van der Waals surface area contributed by atoms with Gasteiger partial charge in [0.15, 0.2) is 0 Å². The van der Waals surface area contributed by atoms with E-state index < -0.39 is 5.97 Å². The van der Waals surface area contributed by atoms with E-state index in [-0.39, 0.29) is 11.2 Å². The second kappa shape index (κ2) is 11.7. The Labute approximate surface area is 145 Å². The largest absolute Gasteiger partial charge is 0.477 e. The molecule has 0 amide bonds. The molecule has 0 aliphatic heterocycles. The molecule has 0 unspecified atom stereocenters. The second-order valence-corrected chi connectivity index (χ2v) is 6.48. The number of nitriles is 1. The molecule has 5 nitrogen and oxygen atoms in total. The molecule has 1 aromatic rings. The summed E-state index contributed by atoms with van der Waals surface area (Å²) in [6.07, 6.45) is 14.5. The van der Waals surface area contributed by atoms with Crippen molar-refractivity contribution in [3.63, 3.8) is 0 Å². The zero-order chi connectivity index (χ0) is 17.7. The number of aromatic amines is 1. The van der Waals surface area contributed by atoms with Crippen molar-refractivity contribution in [3.8, 4) is 6.07 Å². The lowest BCUT2D eigenvalue weighted by Gasteiger charge is -2.08. The molecule has 24 heavy (non-hydrogen) atoms. The summed E-state index contributed by atoms with van der Waals surface area (Å²) in [4.78, 5) is 12.6. The smallest absolute Gasteiger partial charge is 0.352 e. The van der Waals surface area contributed by atoms with E-state index in [4.69, 9.17) is 10.4 Å². The predicted octanol–water partition coefficient (Wildman–Crippen LogP) is 4.49. The number of rotatable bonds is 11. The van der Waals surface area contributed by atoms with E-state index in [0.29, 0.717) is 0 Å². The van der Waals surface area contributed by atoms with E-state index in [1.165, 1.54) is 57.4 Å². The van der Waals surface area contributed by atoms with Gasteiger partial charge in [0.2, 0.25) is 0 Å². The quantitative estimate of drug-likeness (QED) is 0.521. The van der Waals surface area contributed by atoms with E-state index in [1.54, 1.807) is 12.3 Å². The minimum atomic E-state index is -0.921. The summed E-state index contributed by atoms with van der Waals surface area (Å²) < 4.78 is 0. The van der Waals surface area contributed by atoms with Gasteiger partial charge in [-0.15, -0.1) is 0 Å². The standard InChI is InChI=1S/C14H26N2.C5H5NO2/c1-2-3-4-5-6-7-8-9-12-16-14(13-15)10-11-14;7-5(8)4-2-1-3-6-4/h16H,2-12H2,1H3;1-3,6H,(H,7,8). The molecule has 1 aromatic heterocycles. The van der Waals surface area contributed by atoms with Crippen LogP contribution < -0.4 is 5.32 Å². The highest BCUT2D eigenvalue weighted by molar-refractivity contribution is 5.85. The predicted molar refractivity (Wildman–Crippen MR) is 95.9 cm³/mol. The Bertz CT molecular complexity index is 487. The summed E-state index contributed by atoms with van der Waals surface area (Å²) in [7, 11) is 0. The van der Waals surface area contributed by atoms with Crippen molar-refractivity contribution in [1.29, 1.82) is 5.26 Å². The molecule has 3 N–H and O–H groups in total. The lowest BCUT2D eigenvalue weighted by Crippen LogP contribution is -2.30. The van der Waals surface area contributed by atoms with Gasteiger partial charge in [-0.2, -0.15) is 5.26 Å². The zero-order valence-corrected chi connectivity index (χ0v) is 14.8. The number of aromatic nitrogens is 1. The first-order chi connectivity index (χ1) is 11.6. The van der Waals surface area contributed by atoms with Crippen molar-refractivity contribution in [3.05, 3.63) is 24.0 Å². The van der Waals surface area contributed by atoms with Crippen LogP contribution in [0, 0.1) is 11.3 Å². The Morgan fingerprint density at radius 2 is 1.88 bits per heavy atom. The van der Waals surface area contributed by atoms with E-state index in [9.17, 15) is 4.79 Å². The summed E-state index contributed by atoms with van der Waals surface area (Å²) >= 11 is 0. The van der Waals surface area contributed by atoms with Gasteiger partial charge in [0, 0.05) is 6.20 Å². The molecule has 134 valence electrons. The van der Waals surface area contributed by atoms with Crippen LogP contribution in [0.5, 0.6) is 0 Å². The fourth-order valence-electron chi connectivity index (χ4n) is 2.50. The van der Waals surface area contributed by atoms with Gasteiger partial charge in [-0.1, -0.05) is 51.9 Å². The van der Waals surface area contributed by atoms with Crippen molar-refractivity contribution < 1.29 is 9.90 Å². The molecular weight excluding hydrogens is 302 g/mol. The Morgan fingerprint density at radius 3 is 2.29 bits per heavy atom. The third kappa shape index (κ3) is 8.73. The summed E-state index contributed by atoms with van der Waals surface area (Å²) in [5, 5.41) is 20.5. The summed E-state index contributed by atoms with van der Waals surface area (Å²) in [5.41, 5.74) is 0.117. The number of nitrogens with zero attached hydrogens (tertiary/aromatic N) is 1. The normalized spacial score (nSPS) is 14.3. The first-order valence-electron chi connectivity index (χ1n) is 9.16. The van der Waals surface area contributed by atoms with Crippen molar-refractivity contribution in [1.82, 2.24) is 10.3 Å². The number of aromatic carboxylic acids is 1. The fraction of sp³-hybridized carbons (Fsp3) is 0.684. The average molecular weight is 333 g/mol. The maximum atomic E-state index is 10.0. The van der Waals surface area contributed by atoms with E-state index in [2.05, 4.69) is 23.3 Å². The molecule has 0 bridgehead atoms. The zero-order valence-electron chi connectivity index (χ0n) is 14.8. The lowest BCUT2D eigenvalue weighted by molar-refractivity contribution is 0.0691. The molecule has 0 spiro atoms. The summed E-state index contributed by atoms with van der Waals surface area (Å²) in [6, 6.07) is 5.51. The molecule has 1 fully saturated rings. The topological polar surface area (TPSA) is 88.9 Å². The van der Waals surface area contributed by atoms with Gasteiger partial charge in [-0.05, 0) is 37.9 Å². The molecule has 0 saturated heterocycles. The summed E-state index contributed by atoms with van der Waals surface area (Å²) in [5.74, 6) is -0.921. The lowest BCUT2D eigenvalue weighted by atomic mass is 10.1. The molecular formula is C19H31N3O2.